The Kier molecular flexibility index (Phi) is 5.88. The van der Waals surface area contributed by atoms with E-state index in [1.165, 1.54) is 31.4 Å². The van der Waals surface area contributed by atoms with Crippen LogP contribution in [0.3, 0.4) is 0 Å². The van der Waals surface area contributed by atoms with Gasteiger partial charge in [-0.25, -0.2) is 13.1 Å². The van der Waals surface area contributed by atoms with Gasteiger partial charge in [-0.2, -0.15) is 5.26 Å². The molecule has 0 aromatic heterocycles. The average Bonchev–Trinajstić information content (AvgIpc) is 2.56. The van der Waals surface area contributed by atoms with Gasteiger partial charge in [-0.05, 0) is 36.2 Å². The normalized spacial score (nSPS) is 12.5. The van der Waals surface area contributed by atoms with Gasteiger partial charge in [0.05, 0.1) is 23.1 Å². The minimum atomic E-state index is -3.67. The Morgan fingerprint density at radius 1 is 1.13 bits per heavy atom. The summed E-state index contributed by atoms with van der Waals surface area (Å²) in [6.07, 6.45) is 0.532. The van der Waals surface area contributed by atoms with Gasteiger partial charge in [-0.1, -0.05) is 30.3 Å². The number of nitrogens with one attached hydrogen (secondary N) is 1. The lowest BCUT2D eigenvalue weighted by atomic mass is 10.1. The summed E-state index contributed by atoms with van der Waals surface area (Å²) in [6.45, 7) is 0.268. The fourth-order valence-electron chi connectivity index (χ4n) is 2.23. The third-order valence-electron chi connectivity index (χ3n) is 3.31. The van der Waals surface area contributed by atoms with Gasteiger partial charge in [0.15, 0.2) is 0 Å². The van der Waals surface area contributed by atoms with Crippen LogP contribution in [0.5, 0.6) is 0 Å². The van der Waals surface area contributed by atoms with Crippen molar-refractivity contribution in [2.24, 2.45) is 0 Å². The number of methoxy groups -OCH3 is 1. The molecule has 5 nitrogen and oxygen atoms in total. The fraction of sp³-hybridized carbons (Fsp3) is 0.235. The highest BCUT2D eigenvalue weighted by Gasteiger charge is 2.20. The quantitative estimate of drug-likeness (QED) is 0.843. The van der Waals surface area contributed by atoms with Gasteiger partial charge in [0.1, 0.15) is 0 Å². The molecule has 0 aliphatic carbocycles. The predicted molar refractivity (Wildman–Crippen MR) is 87.3 cm³/mol. The van der Waals surface area contributed by atoms with E-state index in [4.69, 9.17) is 10.00 Å². The van der Waals surface area contributed by atoms with Gasteiger partial charge in [-0.3, -0.25) is 0 Å². The van der Waals surface area contributed by atoms with Crippen LogP contribution >= 0.6 is 0 Å². The molecule has 0 radical (unpaired) electrons. The van der Waals surface area contributed by atoms with Crippen molar-refractivity contribution in [3.63, 3.8) is 0 Å². The van der Waals surface area contributed by atoms with Gasteiger partial charge in [0.2, 0.25) is 10.0 Å². The van der Waals surface area contributed by atoms with Crippen LogP contribution in [0.15, 0.2) is 59.5 Å². The first-order chi connectivity index (χ1) is 11.0. The summed E-state index contributed by atoms with van der Waals surface area (Å²) in [7, 11) is -2.13. The maximum atomic E-state index is 12.5. The highest BCUT2D eigenvalue weighted by molar-refractivity contribution is 7.89. The molecule has 0 heterocycles. The Bertz CT molecular complexity index is 766. The Labute approximate surface area is 136 Å². The molecule has 1 atom stereocenters. The highest BCUT2D eigenvalue weighted by Crippen LogP contribution is 2.12. The van der Waals surface area contributed by atoms with Crippen molar-refractivity contribution in [2.75, 3.05) is 13.7 Å². The summed E-state index contributed by atoms with van der Waals surface area (Å²) in [5.41, 5.74) is 1.44. The molecular weight excluding hydrogens is 312 g/mol. The molecule has 2 rings (SSSR count). The topological polar surface area (TPSA) is 79.2 Å². The zero-order valence-corrected chi connectivity index (χ0v) is 13.6. The highest BCUT2D eigenvalue weighted by atomic mass is 32.2. The Balaban J connectivity index is 2.15. The molecule has 2 aromatic carbocycles. The monoisotopic (exact) mass is 330 g/mol. The summed E-state index contributed by atoms with van der Waals surface area (Å²) in [5, 5.41) is 8.78. The Hall–Kier alpha value is -2.20. The molecule has 0 saturated carbocycles. The van der Waals surface area contributed by atoms with E-state index < -0.39 is 10.0 Å². The van der Waals surface area contributed by atoms with E-state index in [1.54, 1.807) is 0 Å². The second-order valence-corrected chi connectivity index (χ2v) is 6.81. The van der Waals surface area contributed by atoms with E-state index >= 15 is 0 Å². The van der Waals surface area contributed by atoms with E-state index in [-0.39, 0.29) is 17.5 Å². The lowest BCUT2D eigenvalue weighted by Gasteiger charge is -2.18. The number of hydrogen-bond acceptors (Lipinski definition) is 4. The lowest BCUT2D eigenvalue weighted by molar-refractivity contribution is 0.174. The molecule has 0 bridgehead atoms. The number of nitriles is 1. The van der Waals surface area contributed by atoms with Crippen molar-refractivity contribution >= 4 is 10.0 Å². The number of nitrogens with zero attached hydrogens (tertiary/aromatic N) is 1. The maximum absolute atomic E-state index is 12.5. The van der Waals surface area contributed by atoms with Crippen molar-refractivity contribution in [1.29, 1.82) is 5.26 Å². The number of ether oxygens (including phenoxy) is 1. The van der Waals surface area contributed by atoms with E-state index in [2.05, 4.69) is 4.72 Å². The zero-order chi connectivity index (χ0) is 16.7. The largest absolute Gasteiger partial charge is 0.383 e. The second kappa shape index (κ2) is 7.88. The summed E-state index contributed by atoms with van der Waals surface area (Å²) in [5.74, 6) is 0. The van der Waals surface area contributed by atoms with E-state index in [0.29, 0.717) is 12.0 Å². The van der Waals surface area contributed by atoms with Gasteiger partial charge in [-0.15, -0.1) is 0 Å². The van der Waals surface area contributed by atoms with Crippen molar-refractivity contribution < 1.29 is 13.2 Å². The van der Waals surface area contributed by atoms with Crippen LogP contribution in [0.1, 0.15) is 11.1 Å². The van der Waals surface area contributed by atoms with Gasteiger partial charge < -0.3 is 4.74 Å². The van der Waals surface area contributed by atoms with E-state index in [9.17, 15) is 8.42 Å². The SMILES string of the molecule is COCC(Cc1ccccc1)NS(=O)(=O)c1ccc(C#N)cc1. The number of benzene rings is 2. The predicted octanol–water partition coefficient (Wildman–Crippen LogP) is 2.09. The third-order valence-corrected chi connectivity index (χ3v) is 4.84. The minimum absolute atomic E-state index is 0.130. The Morgan fingerprint density at radius 2 is 1.78 bits per heavy atom. The van der Waals surface area contributed by atoms with Crippen LogP contribution in [0.2, 0.25) is 0 Å². The minimum Gasteiger partial charge on any atom is -0.383 e. The second-order valence-electron chi connectivity index (χ2n) is 5.10. The van der Waals surface area contributed by atoms with Crippen LogP contribution in [0, 0.1) is 11.3 Å². The fourth-order valence-corrected chi connectivity index (χ4v) is 3.45. The van der Waals surface area contributed by atoms with Crippen LogP contribution in [0.25, 0.3) is 0 Å². The zero-order valence-electron chi connectivity index (χ0n) is 12.8. The van der Waals surface area contributed by atoms with Crippen molar-refractivity contribution in [3.05, 3.63) is 65.7 Å². The van der Waals surface area contributed by atoms with Crippen LogP contribution in [0.4, 0.5) is 0 Å². The van der Waals surface area contributed by atoms with E-state index in [1.807, 2.05) is 36.4 Å². The van der Waals surface area contributed by atoms with Crippen LogP contribution < -0.4 is 4.72 Å². The summed E-state index contributed by atoms with van der Waals surface area (Å²) in [6, 6.07) is 17.0. The van der Waals surface area contributed by atoms with Crippen molar-refractivity contribution in [1.82, 2.24) is 4.72 Å². The first-order valence-electron chi connectivity index (χ1n) is 7.10. The molecule has 1 N–H and O–H groups in total. The standard InChI is InChI=1S/C17H18N2O3S/c1-22-13-16(11-14-5-3-2-4-6-14)19-23(20,21)17-9-7-15(12-18)8-10-17/h2-10,16,19H,11,13H2,1H3. The summed E-state index contributed by atoms with van der Waals surface area (Å²) < 4.78 is 32.7. The smallest absolute Gasteiger partial charge is 0.240 e. The molecule has 0 spiro atoms. The van der Waals surface area contributed by atoms with Crippen LogP contribution in [-0.4, -0.2) is 28.2 Å². The first kappa shape index (κ1) is 17.2. The number of sulfonamides is 1. The molecule has 6 heteroatoms. The third kappa shape index (κ3) is 4.89. The lowest BCUT2D eigenvalue weighted by Crippen LogP contribution is -2.39. The molecule has 0 fully saturated rings. The molecule has 1 unspecified atom stereocenters. The first-order valence-corrected chi connectivity index (χ1v) is 8.59. The van der Waals surface area contributed by atoms with Gasteiger partial charge in [0, 0.05) is 13.2 Å². The number of rotatable bonds is 7. The Morgan fingerprint density at radius 3 is 2.35 bits per heavy atom. The summed E-state index contributed by atoms with van der Waals surface area (Å²) >= 11 is 0. The average molecular weight is 330 g/mol. The van der Waals surface area contributed by atoms with Gasteiger partial charge >= 0.3 is 0 Å². The van der Waals surface area contributed by atoms with Crippen LogP contribution in [-0.2, 0) is 21.2 Å². The molecule has 0 aliphatic rings. The molecule has 0 saturated heterocycles. The molecule has 0 amide bonds. The molecule has 23 heavy (non-hydrogen) atoms. The molecule has 0 aliphatic heterocycles. The van der Waals surface area contributed by atoms with Crippen molar-refractivity contribution in [3.8, 4) is 6.07 Å². The number of hydrogen-bond donors (Lipinski definition) is 1. The van der Waals surface area contributed by atoms with Gasteiger partial charge in [0.25, 0.3) is 0 Å². The maximum Gasteiger partial charge on any atom is 0.240 e. The molecule has 2 aromatic rings. The summed E-state index contributed by atoms with van der Waals surface area (Å²) in [4.78, 5) is 0.130. The molecule has 120 valence electrons. The van der Waals surface area contributed by atoms with E-state index in [0.717, 1.165) is 5.56 Å². The van der Waals surface area contributed by atoms with Crippen molar-refractivity contribution in [2.45, 2.75) is 17.4 Å². The molecular formula is C17H18N2O3S.